The molecule has 3 aromatic rings. The van der Waals surface area contributed by atoms with E-state index >= 15 is 0 Å². The summed E-state index contributed by atoms with van der Waals surface area (Å²) >= 11 is 1.20. The van der Waals surface area contributed by atoms with Crippen LogP contribution in [0.15, 0.2) is 42.7 Å². The molecule has 0 unspecified atom stereocenters. The number of rotatable bonds is 4. The maximum absolute atomic E-state index is 12.1. The van der Waals surface area contributed by atoms with E-state index in [1.54, 1.807) is 36.5 Å². The minimum atomic E-state index is -3.37. The predicted octanol–water partition coefficient (Wildman–Crippen LogP) is 2.32. The Balaban J connectivity index is 1.84. The van der Waals surface area contributed by atoms with Crippen LogP contribution in [0.4, 0.5) is 10.8 Å². The highest BCUT2D eigenvalue weighted by Crippen LogP contribution is 2.29. The number of fused-ring (bicyclic) bond motifs is 1. The maximum Gasteiger partial charge on any atom is 0.257 e. The van der Waals surface area contributed by atoms with Gasteiger partial charge in [-0.25, -0.2) is 13.4 Å². The summed E-state index contributed by atoms with van der Waals surface area (Å²) in [5.41, 5.74) is 1.71. The van der Waals surface area contributed by atoms with Gasteiger partial charge in [0.15, 0.2) is 5.13 Å². The Morgan fingerprint density at radius 1 is 1.26 bits per heavy atom. The molecule has 2 N–H and O–H groups in total. The van der Waals surface area contributed by atoms with Gasteiger partial charge in [-0.1, -0.05) is 11.3 Å². The number of hydrogen-bond acceptors (Lipinski definition) is 6. The van der Waals surface area contributed by atoms with Gasteiger partial charge in [-0.05, 0) is 30.3 Å². The first-order valence-electron chi connectivity index (χ1n) is 6.50. The standard InChI is InChI=1S/C14H12N4O3S2/c1-23(20,21)18-14-17-11-5-4-10(7-12(11)22-14)16-13(19)9-3-2-6-15-8-9/h2-8H,1H3,(H,16,19)(H,17,18). The topological polar surface area (TPSA) is 101 Å². The molecule has 0 aliphatic carbocycles. The number of carbonyl (C=O) groups is 1. The highest BCUT2D eigenvalue weighted by Gasteiger charge is 2.10. The third-order valence-corrected chi connectivity index (χ3v) is 4.47. The van der Waals surface area contributed by atoms with Crippen LogP contribution in [0.5, 0.6) is 0 Å². The number of amides is 1. The number of hydrogen-bond donors (Lipinski definition) is 2. The van der Waals surface area contributed by atoms with E-state index in [0.29, 0.717) is 21.9 Å². The van der Waals surface area contributed by atoms with E-state index in [2.05, 4.69) is 20.0 Å². The third kappa shape index (κ3) is 3.82. The van der Waals surface area contributed by atoms with Crippen LogP contribution in [-0.2, 0) is 10.0 Å². The Morgan fingerprint density at radius 3 is 2.78 bits per heavy atom. The van der Waals surface area contributed by atoms with Crippen molar-refractivity contribution in [2.24, 2.45) is 0 Å². The quantitative estimate of drug-likeness (QED) is 0.753. The summed E-state index contributed by atoms with van der Waals surface area (Å²) in [4.78, 5) is 20.2. The van der Waals surface area contributed by atoms with Crippen LogP contribution in [0.2, 0.25) is 0 Å². The number of benzene rings is 1. The molecular formula is C14H12N4O3S2. The van der Waals surface area contributed by atoms with Gasteiger partial charge in [0.25, 0.3) is 5.91 Å². The number of nitrogens with one attached hydrogen (secondary N) is 2. The van der Waals surface area contributed by atoms with Crippen LogP contribution >= 0.6 is 11.3 Å². The van der Waals surface area contributed by atoms with E-state index in [4.69, 9.17) is 0 Å². The Bertz CT molecular complexity index is 968. The molecule has 0 bridgehead atoms. The first kappa shape index (κ1) is 15.4. The van der Waals surface area contributed by atoms with Gasteiger partial charge in [-0.3, -0.25) is 14.5 Å². The molecule has 1 amide bonds. The molecule has 0 atom stereocenters. The average molecular weight is 348 g/mol. The first-order chi connectivity index (χ1) is 10.9. The van der Waals surface area contributed by atoms with Crippen molar-refractivity contribution in [1.82, 2.24) is 9.97 Å². The molecule has 118 valence electrons. The van der Waals surface area contributed by atoms with Gasteiger partial charge >= 0.3 is 0 Å². The second-order valence-electron chi connectivity index (χ2n) is 4.77. The first-order valence-corrected chi connectivity index (χ1v) is 9.21. The van der Waals surface area contributed by atoms with E-state index < -0.39 is 10.0 Å². The lowest BCUT2D eigenvalue weighted by Gasteiger charge is -2.04. The van der Waals surface area contributed by atoms with Gasteiger partial charge in [-0.15, -0.1) is 0 Å². The monoisotopic (exact) mass is 348 g/mol. The van der Waals surface area contributed by atoms with E-state index in [1.807, 2.05) is 0 Å². The average Bonchev–Trinajstić information content (AvgIpc) is 2.87. The Morgan fingerprint density at radius 2 is 2.09 bits per heavy atom. The van der Waals surface area contributed by atoms with Crippen LogP contribution in [0, 0.1) is 0 Å². The van der Waals surface area contributed by atoms with Crippen molar-refractivity contribution >= 4 is 48.3 Å². The highest BCUT2D eigenvalue weighted by molar-refractivity contribution is 7.92. The zero-order chi connectivity index (χ0) is 16.4. The van der Waals surface area contributed by atoms with Crippen LogP contribution < -0.4 is 10.0 Å². The smallest absolute Gasteiger partial charge is 0.257 e. The van der Waals surface area contributed by atoms with Crippen LogP contribution in [-0.4, -0.2) is 30.5 Å². The lowest BCUT2D eigenvalue weighted by Crippen LogP contribution is -2.11. The molecule has 0 saturated carbocycles. The fourth-order valence-corrected chi connectivity index (χ4v) is 3.65. The summed E-state index contributed by atoms with van der Waals surface area (Å²) < 4.78 is 25.6. The summed E-state index contributed by atoms with van der Waals surface area (Å²) in [6.07, 6.45) is 4.14. The van der Waals surface area contributed by atoms with Crippen LogP contribution in [0.1, 0.15) is 10.4 Å². The summed E-state index contributed by atoms with van der Waals surface area (Å²) in [6, 6.07) is 8.53. The number of pyridine rings is 1. The van der Waals surface area contributed by atoms with Crippen molar-refractivity contribution in [1.29, 1.82) is 0 Å². The second kappa shape index (κ2) is 5.94. The van der Waals surface area contributed by atoms with Crippen molar-refractivity contribution in [3.05, 3.63) is 48.3 Å². The lowest BCUT2D eigenvalue weighted by molar-refractivity contribution is 0.102. The molecule has 7 nitrogen and oxygen atoms in total. The molecule has 2 aromatic heterocycles. The molecule has 0 saturated heterocycles. The molecule has 23 heavy (non-hydrogen) atoms. The van der Waals surface area contributed by atoms with E-state index in [1.165, 1.54) is 17.5 Å². The normalized spacial score (nSPS) is 11.3. The number of carbonyl (C=O) groups excluding carboxylic acids is 1. The summed E-state index contributed by atoms with van der Waals surface area (Å²) in [7, 11) is -3.37. The molecule has 1 aromatic carbocycles. The minimum Gasteiger partial charge on any atom is -0.322 e. The molecule has 0 spiro atoms. The van der Waals surface area contributed by atoms with Crippen molar-refractivity contribution in [2.45, 2.75) is 0 Å². The van der Waals surface area contributed by atoms with Gasteiger partial charge in [0.1, 0.15) is 0 Å². The van der Waals surface area contributed by atoms with Crippen LogP contribution in [0.3, 0.4) is 0 Å². The van der Waals surface area contributed by atoms with Gasteiger partial charge in [0.05, 0.1) is 22.0 Å². The van der Waals surface area contributed by atoms with Crippen LogP contribution in [0.25, 0.3) is 10.2 Å². The number of nitrogens with zero attached hydrogens (tertiary/aromatic N) is 2. The lowest BCUT2D eigenvalue weighted by atomic mass is 10.2. The Labute approximate surface area is 136 Å². The molecule has 0 aliphatic rings. The van der Waals surface area contributed by atoms with Gasteiger partial charge < -0.3 is 5.32 Å². The number of anilines is 2. The molecule has 0 aliphatic heterocycles. The summed E-state index contributed by atoms with van der Waals surface area (Å²) in [5.74, 6) is -0.267. The fourth-order valence-electron chi connectivity index (χ4n) is 1.90. The summed E-state index contributed by atoms with van der Waals surface area (Å²) in [6.45, 7) is 0. The fraction of sp³-hybridized carbons (Fsp3) is 0.0714. The SMILES string of the molecule is CS(=O)(=O)Nc1nc2ccc(NC(=O)c3cccnc3)cc2s1. The largest absolute Gasteiger partial charge is 0.322 e. The van der Waals surface area contributed by atoms with Crippen molar-refractivity contribution < 1.29 is 13.2 Å². The van der Waals surface area contributed by atoms with Gasteiger partial charge in [0.2, 0.25) is 10.0 Å². The van der Waals surface area contributed by atoms with Gasteiger partial charge in [-0.2, -0.15) is 0 Å². The van der Waals surface area contributed by atoms with E-state index in [9.17, 15) is 13.2 Å². The van der Waals surface area contributed by atoms with Gasteiger partial charge in [0, 0.05) is 18.1 Å². The number of thiazole rings is 1. The number of sulfonamides is 1. The molecule has 0 radical (unpaired) electrons. The third-order valence-electron chi connectivity index (χ3n) is 2.84. The second-order valence-corrected chi connectivity index (χ2v) is 7.55. The molecule has 2 heterocycles. The van der Waals surface area contributed by atoms with Crippen molar-refractivity contribution in [3.63, 3.8) is 0 Å². The maximum atomic E-state index is 12.1. The summed E-state index contributed by atoms with van der Waals surface area (Å²) in [5, 5.41) is 3.06. The van der Waals surface area contributed by atoms with E-state index in [-0.39, 0.29) is 5.91 Å². The Hall–Kier alpha value is -2.52. The molecule has 9 heteroatoms. The van der Waals surface area contributed by atoms with E-state index in [0.717, 1.165) is 11.0 Å². The molecule has 3 rings (SSSR count). The minimum absolute atomic E-state index is 0.267. The molecular weight excluding hydrogens is 336 g/mol. The molecule has 0 fully saturated rings. The van der Waals surface area contributed by atoms with Crippen molar-refractivity contribution in [2.75, 3.05) is 16.3 Å². The van der Waals surface area contributed by atoms with Crippen molar-refractivity contribution in [3.8, 4) is 0 Å². The zero-order valence-electron chi connectivity index (χ0n) is 12.0. The zero-order valence-corrected chi connectivity index (χ0v) is 13.6. The predicted molar refractivity (Wildman–Crippen MR) is 90.3 cm³/mol. The highest BCUT2D eigenvalue weighted by atomic mass is 32.2. The Kier molecular flexibility index (Phi) is 3.97. The number of aromatic nitrogens is 2.